The van der Waals surface area contributed by atoms with E-state index < -0.39 is 0 Å². The minimum atomic E-state index is 0.583. The zero-order valence-corrected chi connectivity index (χ0v) is 7.69. The predicted molar refractivity (Wildman–Crippen MR) is 49.4 cm³/mol. The topological polar surface area (TPSA) is 12.0 Å². The van der Waals surface area contributed by atoms with Crippen LogP contribution in [0, 0.1) is 5.41 Å². The van der Waals surface area contributed by atoms with Gasteiger partial charge in [-0.15, -0.1) is 0 Å². The zero-order chi connectivity index (χ0) is 8.32. The van der Waals surface area contributed by atoms with Crippen LogP contribution in [-0.4, -0.2) is 6.04 Å². The third kappa shape index (κ3) is 2.57. The largest absolute Gasteiger partial charge is 0.389 e. The molecular weight excluding hydrogens is 134 g/mol. The summed E-state index contributed by atoms with van der Waals surface area (Å²) in [7, 11) is 0. The van der Waals surface area contributed by atoms with Gasteiger partial charge < -0.3 is 5.32 Å². The van der Waals surface area contributed by atoms with Crippen molar-refractivity contribution in [2.24, 2.45) is 5.41 Å². The summed E-state index contributed by atoms with van der Waals surface area (Å²) in [5.74, 6) is 0. The van der Waals surface area contributed by atoms with Gasteiger partial charge in [-0.1, -0.05) is 20.4 Å². The molecule has 1 nitrogen and oxygen atoms in total. The third-order valence-corrected chi connectivity index (χ3v) is 2.69. The van der Waals surface area contributed by atoms with E-state index in [0.717, 1.165) is 0 Å². The molecule has 0 aromatic rings. The van der Waals surface area contributed by atoms with Gasteiger partial charge in [0.05, 0.1) is 0 Å². The van der Waals surface area contributed by atoms with Crippen molar-refractivity contribution in [3.8, 4) is 0 Å². The molecule has 0 unspecified atom stereocenters. The number of hydrogen-bond donors (Lipinski definition) is 1. The van der Waals surface area contributed by atoms with E-state index in [1.165, 1.54) is 25.7 Å². The monoisotopic (exact) mass is 153 g/mol. The molecule has 0 spiro atoms. The second-order valence-corrected chi connectivity index (χ2v) is 4.31. The number of hydrogen-bond acceptors (Lipinski definition) is 1. The first-order valence-corrected chi connectivity index (χ1v) is 4.51. The molecule has 0 bridgehead atoms. The molecule has 1 fully saturated rings. The lowest BCUT2D eigenvalue weighted by Crippen LogP contribution is -2.32. The summed E-state index contributed by atoms with van der Waals surface area (Å²) in [4.78, 5) is 0. The van der Waals surface area contributed by atoms with Crippen LogP contribution < -0.4 is 5.32 Å². The van der Waals surface area contributed by atoms with Crippen molar-refractivity contribution in [3.63, 3.8) is 0 Å². The summed E-state index contributed by atoms with van der Waals surface area (Å²) < 4.78 is 0. The third-order valence-electron chi connectivity index (χ3n) is 2.69. The standard InChI is InChI=1S/C10H19N/c1-4-11-9-5-7-10(2,3)8-6-9/h4,9,11H,1,5-8H2,2-3H3. The maximum absolute atomic E-state index is 3.68. The Morgan fingerprint density at radius 1 is 1.36 bits per heavy atom. The summed E-state index contributed by atoms with van der Waals surface area (Å²) in [6, 6.07) is 0.695. The van der Waals surface area contributed by atoms with Crippen LogP contribution >= 0.6 is 0 Å². The second-order valence-electron chi connectivity index (χ2n) is 4.31. The number of rotatable bonds is 2. The van der Waals surface area contributed by atoms with Crippen LogP contribution in [0.15, 0.2) is 12.8 Å². The van der Waals surface area contributed by atoms with E-state index >= 15 is 0 Å². The van der Waals surface area contributed by atoms with Crippen molar-refractivity contribution < 1.29 is 0 Å². The smallest absolute Gasteiger partial charge is 0.0255 e. The molecule has 1 heteroatoms. The van der Waals surface area contributed by atoms with Gasteiger partial charge in [-0.05, 0) is 37.3 Å². The summed E-state index contributed by atoms with van der Waals surface area (Å²) in [5, 5.41) is 3.29. The van der Waals surface area contributed by atoms with Gasteiger partial charge in [-0.3, -0.25) is 0 Å². The summed E-state index contributed by atoms with van der Waals surface area (Å²) >= 11 is 0. The first-order chi connectivity index (χ1) is 5.14. The molecule has 1 aliphatic carbocycles. The molecule has 11 heavy (non-hydrogen) atoms. The van der Waals surface area contributed by atoms with Gasteiger partial charge >= 0.3 is 0 Å². The summed E-state index contributed by atoms with van der Waals surface area (Å²) in [6.45, 7) is 8.40. The minimum absolute atomic E-state index is 0.583. The Balaban J connectivity index is 2.30. The van der Waals surface area contributed by atoms with Crippen LogP contribution in [0.25, 0.3) is 0 Å². The molecule has 1 N–H and O–H groups in total. The first-order valence-electron chi connectivity index (χ1n) is 4.51. The van der Waals surface area contributed by atoms with Crippen molar-refractivity contribution >= 4 is 0 Å². The maximum Gasteiger partial charge on any atom is 0.0255 e. The molecule has 0 aromatic heterocycles. The fourth-order valence-corrected chi connectivity index (χ4v) is 1.73. The summed E-state index contributed by atoms with van der Waals surface area (Å²) in [5.41, 5.74) is 0.583. The lowest BCUT2D eigenvalue weighted by molar-refractivity contribution is 0.214. The van der Waals surface area contributed by atoms with Crippen LogP contribution in [-0.2, 0) is 0 Å². The average molecular weight is 153 g/mol. The number of nitrogens with one attached hydrogen (secondary N) is 1. The molecule has 0 radical (unpaired) electrons. The van der Waals surface area contributed by atoms with Gasteiger partial charge in [0.15, 0.2) is 0 Å². The Labute approximate surface area is 69.9 Å². The highest BCUT2D eigenvalue weighted by Crippen LogP contribution is 2.34. The normalized spacial score (nSPS) is 24.5. The van der Waals surface area contributed by atoms with Crippen molar-refractivity contribution in [1.29, 1.82) is 0 Å². The molecule has 1 rings (SSSR count). The van der Waals surface area contributed by atoms with E-state index in [1.54, 1.807) is 0 Å². The van der Waals surface area contributed by atoms with E-state index in [0.29, 0.717) is 11.5 Å². The fourth-order valence-electron chi connectivity index (χ4n) is 1.73. The molecular formula is C10H19N. The van der Waals surface area contributed by atoms with Crippen molar-refractivity contribution in [1.82, 2.24) is 5.32 Å². The van der Waals surface area contributed by atoms with E-state index in [4.69, 9.17) is 0 Å². The molecule has 1 aliphatic rings. The highest BCUT2D eigenvalue weighted by Gasteiger charge is 2.25. The minimum Gasteiger partial charge on any atom is -0.389 e. The Morgan fingerprint density at radius 3 is 2.36 bits per heavy atom. The highest BCUT2D eigenvalue weighted by atomic mass is 14.9. The van der Waals surface area contributed by atoms with Crippen LogP contribution in [0.2, 0.25) is 0 Å². The van der Waals surface area contributed by atoms with Gasteiger partial charge in [-0.2, -0.15) is 0 Å². The summed E-state index contributed by atoms with van der Waals surface area (Å²) in [6.07, 6.45) is 7.12. The van der Waals surface area contributed by atoms with E-state index in [-0.39, 0.29) is 0 Å². The second kappa shape index (κ2) is 3.29. The zero-order valence-electron chi connectivity index (χ0n) is 7.69. The van der Waals surface area contributed by atoms with Crippen LogP contribution in [0.4, 0.5) is 0 Å². The molecule has 0 aromatic carbocycles. The van der Waals surface area contributed by atoms with Crippen molar-refractivity contribution in [2.45, 2.75) is 45.6 Å². The molecule has 0 atom stereocenters. The van der Waals surface area contributed by atoms with Crippen LogP contribution in [0.5, 0.6) is 0 Å². The van der Waals surface area contributed by atoms with Gasteiger partial charge in [-0.25, -0.2) is 0 Å². The Bertz CT molecular complexity index is 128. The van der Waals surface area contributed by atoms with Crippen LogP contribution in [0.1, 0.15) is 39.5 Å². The molecule has 0 aliphatic heterocycles. The van der Waals surface area contributed by atoms with Gasteiger partial charge in [0.1, 0.15) is 0 Å². The van der Waals surface area contributed by atoms with Crippen molar-refractivity contribution in [3.05, 3.63) is 12.8 Å². The van der Waals surface area contributed by atoms with E-state index in [9.17, 15) is 0 Å². The van der Waals surface area contributed by atoms with Gasteiger partial charge in [0, 0.05) is 6.04 Å². The molecule has 0 heterocycles. The SMILES string of the molecule is C=CNC1CCC(C)(C)CC1. The molecule has 1 saturated carbocycles. The highest BCUT2D eigenvalue weighted by molar-refractivity contribution is 4.84. The fraction of sp³-hybridized carbons (Fsp3) is 0.800. The predicted octanol–water partition coefficient (Wildman–Crippen LogP) is 2.69. The molecule has 0 saturated heterocycles. The van der Waals surface area contributed by atoms with Gasteiger partial charge in [0.2, 0.25) is 0 Å². The van der Waals surface area contributed by atoms with E-state index in [2.05, 4.69) is 25.7 Å². The van der Waals surface area contributed by atoms with E-state index in [1.807, 2.05) is 6.20 Å². The lowest BCUT2D eigenvalue weighted by atomic mass is 9.76. The Morgan fingerprint density at radius 2 is 1.91 bits per heavy atom. The van der Waals surface area contributed by atoms with Gasteiger partial charge in [0.25, 0.3) is 0 Å². The average Bonchev–Trinajstić information content (AvgIpc) is 1.94. The van der Waals surface area contributed by atoms with Crippen LogP contribution in [0.3, 0.4) is 0 Å². The molecule has 0 amide bonds. The Hall–Kier alpha value is -0.460. The quantitative estimate of drug-likeness (QED) is 0.643. The molecule has 64 valence electrons. The Kier molecular flexibility index (Phi) is 2.58. The lowest BCUT2D eigenvalue weighted by Gasteiger charge is -2.34. The first kappa shape index (κ1) is 8.63. The van der Waals surface area contributed by atoms with Crippen molar-refractivity contribution in [2.75, 3.05) is 0 Å². The maximum atomic E-state index is 3.68.